The lowest BCUT2D eigenvalue weighted by molar-refractivity contribution is 0.0302. The van der Waals surface area contributed by atoms with Crippen molar-refractivity contribution in [3.05, 3.63) is 47.7 Å². The Morgan fingerprint density at radius 1 is 1.07 bits per heavy atom. The van der Waals surface area contributed by atoms with Crippen LogP contribution in [0.25, 0.3) is 32.9 Å². The highest BCUT2D eigenvalue weighted by molar-refractivity contribution is 6.03. The van der Waals surface area contributed by atoms with E-state index in [2.05, 4.69) is 20.8 Å². The van der Waals surface area contributed by atoms with Crippen molar-refractivity contribution in [2.75, 3.05) is 36.0 Å². The van der Waals surface area contributed by atoms with E-state index in [1.165, 1.54) is 30.5 Å². The quantitative estimate of drug-likeness (QED) is 0.355. The number of benzene rings is 2. The average Bonchev–Trinajstić information content (AvgIpc) is 3.29. The molecule has 5 heterocycles. The van der Waals surface area contributed by atoms with Crippen molar-refractivity contribution in [2.45, 2.75) is 50.4 Å². The van der Waals surface area contributed by atoms with Crippen LogP contribution in [0.2, 0.25) is 0 Å². The van der Waals surface area contributed by atoms with Crippen LogP contribution in [-0.2, 0) is 4.74 Å². The Hall–Kier alpha value is -4.07. The fraction of sp³-hybridized carbons (Fsp3) is 0.387. The SMILES string of the molecule is C#Cc1c(F)ccc2cc(O)cc(-c3ncc4c(N5C[C@H]6CC[C@@H](C5)O6)nc(N5CCC(C)(O)CC5)nc4c3F)c12. The summed E-state index contributed by atoms with van der Waals surface area (Å²) >= 11 is 0. The van der Waals surface area contributed by atoms with Gasteiger partial charge < -0.3 is 24.7 Å². The highest BCUT2D eigenvalue weighted by atomic mass is 19.1. The number of hydrogen-bond acceptors (Lipinski definition) is 8. The van der Waals surface area contributed by atoms with Gasteiger partial charge in [0, 0.05) is 43.3 Å². The predicted octanol–water partition coefficient (Wildman–Crippen LogP) is 4.53. The number of rotatable bonds is 3. The van der Waals surface area contributed by atoms with Gasteiger partial charge in [0.25, 0.3) is 0 Å². The van der Waals surface area contributed by atoms with Crippen molar-refractivity contribution in [3.63, 3.8) is 0 Å². The second-order valence-electron chi connectivity index (χ2n) is 11.5. The molecule has 4 aromatic rings. The Morgan fingerprint density at radius 2 is 1.80 bits per heavy atom. The normalized spacial score (nSPS) is 21.9. The molecule has 3 aliphatic heterocycles. The van der Waals surface area contributed by atoms with Crippen LogP contribution in [0.1, 0.15) is 38.2 Å². The van der Waals surface area contributed by atoms with E-state index in [0.717, 1.165) is 12.8 Å². The van der Waals surface area contributed by atoms with Crippen LogP contribution in [0.5, 0.6) is 5.75 Å². The molecule has 2 N–H and O–H groups in total. The first-order valence-electron chi connectivity index (χ1n) is 13.9. The number of terminal acetylenes is 1. The number of anilines is 2. The van der Waals surface area contributed by atoms with Gasteiger partial charge in [-0.25, -0.2) is 13.8 Å². The molecule has 7 rings (SSSR count). The number of aliphatic hydroxyl groups is 1. The number of piperidine rings is 1. The number of phenolic OH excluding ortho intramolecular Hbond substituents is 1. The molecule has 8 nitrogen and oxygen atoms in total. The first kappa shape index (κ1) is 25.9. The zero-order chi connectivity index (χ0) is 28.5. The van der Waals surface area contributed by atoms with Crippen LogP contribution >= 0.6 is 0 Å². The van der Waals surface area contributed by atoms with Crippen molar-refractivity contribution in [1.82, 2.24) is 15.0 Å². The van der Waals surface area contributed by atoms with E-state index in [9.17, 15) is 14.6 Å². The highest BCUT2D eigenvalue weighted by Gasteiger charge is 2.36. The number of fused-ring (bicyclic) bond motifs is 4. The number of aromatic hydroxyl groups is 1. The number of morpholine rings is 1. The summed E-state index contributed by atoms with van der Waals surface area (Å²) in [6.07, 6.45) is 10.4. The minimum atomic E-state index is -0.775. The van der Waals surface area contributed by atoms with Gasteiger partial charge in [-0.05, 0) is 56.2 Å². The van der Waals surface area contributed by atoms with Gasteiger partial charge in [-0.3, -0.25) is 4.98 Å². The molecule has 0 radical (unpaired) electrons. The maximum Gasteiger partial charge on any atom is 0.228 e. The number of phenols is 1. The van der Waals surface area contributed by atoms with Gasteiger partial charge in [0.15, 0.2) is 5.82 Å². The molecule has 0 aliphatic carbocycles. The molecule has 210 valence electrons. The van der Waals surface area contributed by atoms with Crippen molar-refractivity contribution in [1.29, 1.82) is 0 Å². The van der Waals surface area contributed by atoms with Gasteiger partial charge in [-0.15, -0.1) is 6.42 Å². The van der Waals surface area contributed by atoms with E-state index in [-0.39, 0.29) is 45.7 Å². The fourth-order valence-electron chi connectivity index (χ4n) is 6.33. The monoisotopic (exact) mass is 557 g/mol. The Labute approximate surface area is 235 Å². The van der Waals surface area contributed by atoms with Gasteiger partial charge >= 0.3 is 0 Å². The molecule has 0 amide bonds. The first-order valence-corrected chi connectivity index (χ1v) is 13.9. The highest BCUT2D eigenvalue weighted by Crippen LogP contribution is 2.40. The third-order valence-corrected chi connectivity index (χ3v) is 8.57. The maximum absolute atomic E-state index is 16.7. The zero-order valence-electron chi connectivity index (χ0n) is 22.6. The third kappa shape index (κ3) is 4.40. The average molecular weight is 558 g/mol. The minimum absolute atomic E-state index is 0.0352. The second kappa shape index (κ2) is 9.50. The molecule has 2 aromatic carbocycles. The lowest BCUT2D eigenvalue weighted by Gasteiger charge is -2.37. The van der Waals surface area contributed by atoms with E-state index < -0.39 is 17.2 Å². The molecule has 3 fully saturated rings. The molecule has 41 heavy (non-hydrogen) atoms. The van der Waals surface area contributed by atoms with E-state index in [1.54, 1.807) is 0 Å². The van der Waals surface area contributed by atoms with Crippen LogP contribution in [0.15, 0.2) is 30.5 Å². The molecule has 0 unspecified atom stereocenters. The summed E-state index contributed by atoms with van der Waals surface area (Å²) in [5.41, 5.74) is -0.664. The lowest BCUT2D eigenvalue weighted by atomic mass is 9.94. The van der Waals surface area contributed by atoms with Gasteiger partial charge in [-0.1, -0.05) is 12.0 Å². The molecule has 3 saturated heterocycles. The van der Waals surface area contributed by atoms with Crippen LogP contribution in [0.4, 0.5) is 20.5 Å². The Bertz CT molecular complexity index is 1730. The van der Waals surface area contributed by atoms with Crippen LogP contribution < -0.4 is 9.80 Å². The van der Waals surface area contributed by atoms with Crippen molar-refractivity contribution in [2.24, 2.45) is 0 Å². The molecule has 2 bridgehead atoms. The topological polar surface area (TPSA) is 94.8 Å². The largest absolute Gasteiger partial charge is 0.508 e. The van der Waals surface area contributed by atoms with E-state index in [1.807, 2.05) is 11.8 Å². The van der Waals surface area contributed by atoms with Gasteiger partial charge in [-0.2, -0.15) is 4.98 Å². The summed E-state index contributed by atoms with van der Waals surface area (Å²) in [6, 6.07) is 5.51. The lowest BCUT2D eigenvalue weighted by Crippen LogP contribution is -2.44. The number of ether oxygens (including phenoxy) is 1. The number of pyridine rings is 1. The summed E-state index contributed by atoms with van der Waals surface area (Å²) in [6.45, 7) is 4.11. The minimum Gasteiger partial charge on any atom is -0.508 e. The van der Waals surface area contributed by atoms with Crippen molar-refractivity contribution < 1.29 is 23.7 Å². The molecular weight excluding hydrogens is 528 g/mol. The van der Waals surface area contributed by atoms with Crippen molar-refractivity contribution in [3.8, 4) is 29.4 Å². The number of halogens is 2. The number of nitrogens with zero attached hydrogens (tertiary/aromatic N) is 5. The van der Waals surface area contributed by atoms with Crippen LogP contribution in [0.3, 0.4) is 0 Å². The molecule has 0 spiro atoms. The Kier molecular flexibility index (Phi) is 5.99. The Morgan fingerprint density at radius 3 is 2.51 bits per heavy atom. The fourth-order valence-corrected chi connectivity index (χ4v) is 6.33. The van der Waals surface area contributed by atoms with Crippen molar-refractivity contribution >= 4 is 33.4 Å². The number of hydrogen-bond donors (Lipinski definition) is 2. The summed E-state index contributed by atoms with van der Waals surface area (Å²) in [4.78, 5) is 18.2. The first-order chi connectivity index (χ1) is 19.7. The van der Waals surface area contributed by atoms with Gasteiger partial charge in [0.2, 0.25) is 5.95 Å². The molecule has 3 aliphatic rings. The predicted molar refractivity (Wildman–Crippen MR) is 152 cm³/mol. The standard InChI is InChI=1S/C31H29F2N5O3/c1-3-21-24(32)7-4-17-12-18(39)13-22(25(17)21)27-26(33)28-23(14-34-27)29(38-15-19-5-6-20(16-38)41-19)36-30(35-28)37-10-8-31(2,40)9-11-37/h1,4,7,12-14,19-20,39-40H,5-6,8-11,15-16H2,2H3/t19-,20+. The Balaban J connectivity index is 1.44. The molecule has 2 aromatic heterocycles. The van der Waals surface area contributed by atoms with E-state index in [0.29, 0.717) is 61.6 Å². The summed E-state index contributed by atoms with van der Waals surface area (Å²) in [5, 5.41) is 22.2. The summed E-state index contributed by atoms with van der Waals surface area (Å²) in [5.74, 6) is 1.85. The zero-order valence-corrected chi connectivity index (χ0v) is 22.6. The summed E-state index contributed by atoms with van der Waals surface area (Å²) in [7, 11) is 0. The number of aromatic nitrogens is 3. The van der Waals surface area contributed by atoms with E-state index in [4.69, 9.17) is 16.1 Å². The maximum atomic E-state index is 16.7. The molecule has 2 atom stereocenters. The molecular formula is C31H29F2N5O3. The van der Waals surface area contributed by atoms with Gasteiger partial charge in [0.05, 0.1) is 28.8 Å². The third-order valence-electron chi connectivity index (χ3n) is 8.57. The molecule has 0 saturated carbocycles. The van der Waals surface area contributed by atoms with E-state index >= 15 is 4.39 Å². The second-order valence-corrected chi connectivity index (χ2v) is 11.5. The molecule has 10 heteroatoms. The van der Waals surface area contributed by atoms with Crippen LogP contribution in [0, 0.1) is 24.0 Å². The van der Waals surface area contributed by atoms with Gasteiger partial charge in [0.1, 0.15) is 28.6 Å². The van der Waals surface area contributed by atoms with Crippen LogP contribution in [-0.4, -0.2) is 69.2 Å². The summed E-state index contributed by atoms with van der Waals surface area (Å²) < 4.78 is 37.4. The smallest absolute Gasteiger partial charge is 0.228 e.